The first-order chi connectivity index (χ1) is 9.84. The highest BCUT2D eigenvalue weighted by atomic mass is 15.1. The Labute approximate surface area is 121 Å². The fourth-order valence-electron chi connectivity index (χ4n) is 2.86. The average Bonchev–Trinajstić information content (AvgIpc) is 3.01. The molecule has 1 saturated heterocycles. The molecule has 2 aromatic carbocycles. The van der Waals surface area contributed by atoms with Crippen molar-refractivity contribution in [2.45, 2.75) is 19.8 Å². The first-order valence-corrected chi connectivity index (χ1v) is 7.42. The molecule has 0 amide bonds. The molecule has 3 rings (SSSR count). The molecule has 1 aliphatic heterocycles. The third-order valence-corrected chi connectivity index (χ3v) is 3.97. The summed E-state index contributed by atoms with van der Waals surface area (Å²) < 4.78 is 0. The van der Waals surface area contributed by atoms with Gasteiger partial charge in [0.25, 0.3) is 0 Å². The Kier molecular flexibility index (Phi) is 3.87. The summed E-state index contributed by atoms with van der Waals surface area (Å²) >= 11 is 0. The van der Waals surface area contributed by atoms with Crippen molar-refractivity contribution in [2.75, 3.05) is 13.1 Å². The van der Waals surface area contributed by atoms with E-state index in [0.29, 0.717) is 0 Å². The van der Waals surface area contributed by atoms with Crippen molar-refractivity contribution in [3.63, 3.8) is 0 Å². The van der Waals surface area contributed by atoms with Gasteiger partial charge in [0.05, 0.1) is 0 Å². The lowest BCUT2D eigenvalue weighted by atomic mass is 10.0. The fourth-order valence-corrected chi connectivity index (χ4v) is 2.86. The van der Waals surface area contributed by atoms with Crippen LogP contribution >= 0.6 is 0 Å². The summed E-state index contributed by atoms with van der Waals surface area (Å²) in [6.45, 7) is 4.55. The minimum Gasteiger partial charge on any atom is -0.371 e. The van der Waals surface area contributed by atoms with Gasteiger partial charge in [-0.15, -0.1) is 0 Å². The van der Waals surface area contributed by atoms with Gasteiger partial charge in [-0.1, -0.05) is 54.6 Å². The molecule has 1 heterocycles. The van der Waals surface area contributed by atoms with Crippen LogP contribution < -0.4 is 0 Å². The van der Waals surface area contributed by atoms with Crippen LogP contribution in [0.5, 0.6) is 0 Å². The van der Waals surface area contributed by atoms with Crippen LogP contribution in [0.15, 0.2) is 54.6 Å². The number of hydrogen-bond donors (Lipinski definition) is 0. The first-order valence-electron chi connectivity index (χ1n) is 7.42. The van der Waals surface area contributed by atoms with Crippen LogP contribution in [0.3, 0.4) is 0 Å². The predicted molar refractivity (Wildman–Crippen MR) is 86.3 cm³/mol. The van der Waals surface area contributed by atoms with E-state index in [1.54, 1.807) is 0 Å². The maximum atomic E-state index is 2.52. The van der Waals surface area contributed by atoms with Crippen LogP contribution in [-0.4, -0.2) is 18.0 Å². The van der Waals surface area contributed by atoms with Crippen molar-refractivity contribution in [2.24, 2.45) is 0 Å². The number of benzene rings is 2. The summed E-state index contributed by atoms with van der Waals surface area (Å²) in [5.74, 6) is 0. The van der Waals surface area contributed by atoms with Gasteiger partial charge in [-0.25, -0.2) is 0 Å². The molecule has 0 bridgehead atoms. The van der Waals surface area contributed by atoms with Crippen LogP contribution in [0.25, 0.3) is 11.8 Å². The number of aryl methyl sites for hydroxylation is 1. The number of nitrogens with zero attached hydrogens (tertiary/aromatic N) is 1. The van der Waals surface area contributed by atoms with E-state index < -0.39 is 0 Å². The van der Waals surface area contributed by atoms with Crippen molar-refractivity contribution < 1.29 is 0 Å². The smallest absolute Gasteiger partial charge is 0.0448 e. The standard InChI is InChI=1S/C19H21N/c1-16-9-5-6-12-18(16)19(20-13-7-8-14-20)15-17-10-3-2-4-11-17/h2-6,9-12,15H,7-8,13-14H2,1H3/b19-15+. The lowest BCUT2D eigenvalue weighted by Gasteiger charge is -2.23. The fraction of sp³-hybridized carbons (Fsp3) is 0.263. The van der Waals surface area contributed by atoms with E-state index in [2.05, 4.69) is 72.5 Å². The van der Waals surface area contributed by atoms with Crippen LogP contribution in [0.1, 0.15) is 29.5 Å². The van der Waals surface area contributed by atoms with E-state index in [1.807, 2.05) is 0 Å². The zero-order valence-electron chi connectivity index (χ0n) is 12.0. The van der Waals surface area contributed by atoms with Crippen LogP contribution in [-0.2, 0) is 0 Å². The van der Waals surface area contributed by atoms with Crippen LogP contribution in [0.4, 0.5) is 0 Å². The summed E-state index contributed by atoms with van der Waals surface area (Å²) in [5, 5.41) is 0. The summed E-state index contributed by atoms with van der Waals surface area (Å²) in [6.07, 6.45) is 4.93. The van der Waals surface area contributed by atoms with Crippen molar-refractivity contribution >= 4 is 11.8 Å². The summed E-state index contributed by atoms with van der Waals surface area (Å²) in [4.78, 5) is 2.52. The second kappa shape index (κ2) is 5.96. The number of hydrogen-bond acceptors (Lipinski definition) is 1. The Morgan fingerprint density at radius 2 is 1.55 bits per heavy atom. The first kappa shape index (κ1) is 13.0. The highest BCUT2D eigenvalue weighted by Gasteiger charge is 2.17. The van der Waals surface area contributed by atoms with Gasteiger partial charge < -0.3 is 4.90 Å². The quantitative estimate of drug-likeness (QED) is 0.732. The van der Waals surface area contributed by atoms with Crippen molar-refractivity contribution in [1.29, 1.82) is 0 Å². The van der Waals surface area contributed by atoms with Crippen molar-refractivity contribution in [3.05, 3.63) is 71.3 Å². The molecule has 0 unspecified atom stereocenters. The Morgan fingerprint density at radius 1 is 0.900 bits per heavy atom. The zero-order chi connectivity index (χ0) is 13.8. The highest BCUT2D eigenvalue weighted by molar-refractivity contribution is 5.81. The number of rotatable bonds is 3. The lowest BCUT2D eigenvalue weighted by molar-refractivity contribution is 0.495. The molecule has 20 heavy (non-hydrogen) atoms. The molecule has 1 nitrogen and oxygen atoms in total. The predicted octanol–water partition coefficient (Wildman–Crippen LogP) is 4.59. The van der Waals surface area contributed by atoms with E-state index in [0.717, 1.165) is 0 Å². The molecule has 0 atom stereocenters. The second-order valence-electron chi connectivity index (χ2n) is 5.45. The Bertz CT molecular complexity index is 592. The summed E-state index contributed by atoms with van der Waals surface area (Å²) in [7, 11) is 0. The molecule has 0 saturated carbocycles. The molecule has 0 radical (unpaired) electrons. The van der Waals surface area contributed by atoms with Crippen LogP contribution in [0, 0.1) is 6.92 Å². The molecule has 0 N–H and O–H groups in total. The SMILES string of the molecule is Cc1ccccc1/C(=C\c1ccccc1)N1CCCC1. The third kappa shape index (κ3) is 2.77. The highest BCUT2D eigenvalue weighted by Crippen LogP contribution is 2.28. The Balaban J connectivity index is 2.04. The van der Waals surface area contributed by atoms with E-state index in [-0.39, 0.29) is 0 Å². The van der Waals surface area contributed by atoms with Gasteiger partial charge in [-0.3, -0.25) is 0 Å². The molecule has 102 valence electrons. The van der Waals surface area contributed by atoms with Gasteiger partial charge >= 0.3 is 0 Å². The molecule has 0 aromatic heterocycles. The molecule has 2 aromatic rings. The van der Waals surface area contributed by atoms with E-state index in [9.17, 15) is 0 Å². The second-order valence-corrected chi connectivity index (χ2v) is 5.45. The topological polar surface area (TPSA) is 3.24 Å². The molecule has 1 fully saturated rings. The summed E-state index contributed by atoms with van der Waals surface area (Å²) in [6, 6.07) is 19.3. The lowest BCUT2D eigenvalue weighted by Crippen LogP contribution is -2.18. The monoisotopic (exact) mass is 263 g/mol. The van der Waals surface area contributed by atoms with E-state index >= 15 is 0 Å². The average molecular weight is 263 g/mol. The maximum Gasteiger partial charge on any atom is 0.0448 e. The van der Waals surface area contributed by atoms with Gasteiger partial charge in [0, 0.05) is 24.4 Å². The van der Waals surface area contributed by atoms with Crippen molar-refractivity contribution in [3.8, 4) is 0 Å². The molecule has 1 heteroatoms. The van der Waals surface area contributed by atoms with Gasteiger partial charge in [-0.05, 0) is 37.0 Å². The van der Waals surface area contributed by atoms with Gasteiger partial charge in [0.15, 0.2) is 0 Å². The van der Waals surface area contributed by atoms with Gasteiger partial charge in [-0.2, -0.15) is 0 Å². The molecule has 1 aliphatic rings. The zero-order valence-corrected chi connectivity index (χ0v) is 12.0. The molecule has 0 aliphatic carbocycles. The van der Waals surface area contributed by atoms with Gasteiger partial charge in [0.1, 0.15) is 0 Å². The molecular weight excluding hydrogens is 242 g/mol. The Morgan fingerprint density at radius 3 is 2.25 bits per heavy atom. The Hall–Kier alpha value is -2.02. The largest absolute Gasteiger partial charge is 0.371 e. The van der Waals surface area contributed by atoms with E-state index in [4.69, 9.17) is 0 Å². The maximum absolute atomic E-state index is 2.52. The molecule has 0 spiro atoms. The minimum absolute atomic E-state index is 1.17. The minimum atomic E-state index is 1.17. The van der Waals surface area contributed by atoms with Gasteiger partial charge in [0.2, 0.25) is 0 Å². The van der Waals surface area contributed by atoms with Crippen LogP contribution in [0.2, 0.25) is 0 Å². The summed E-state index contributed by atoms with van der Waals surface area (Å²) in [5.41, 5.74) is 5.35. The molecular formula is C19H21N. The third-order valence-electron chi connectivity index (χ3n) is 3.97. The van der Waals surface area contributed by atoms with Crippen molar-refractivity contribution in [1.82, 2.24) is 4.90 Å². The number of likely N-dealkylation sites (tertiary alicyclic amines) is 1. The van der Waals surface area contributed by atoms with E-state index in [1.165, 1.54) is 48.3 Å². The normalized spacial score (nSPS) is 15.7.